The first-order valence-electron chi connectivity index (χ1n) is 6.98. The first-order chi connectivity index (χ1) is 9.54. The molecule has 2 rings (SSSR count). The Morgan fingerprint density at radius 1 is 1.25 bits per heavy atom. The van der Waals surface area contributed by atoms with Gasteiger partial charge in [-0.15, -0.1) is 0 Å². The zero-order valence-electron chi connectivity index (χ0n) is 11.6. The van der Waals surface area contributed by atoms with Crippen LogP contribution in [0.5, 0.6) is 0 Å². The minimum Gasteiger partial charge on any atom is -0.323 e. The first kappa shape index (κ1) is 14.9. The molecule has 1 aromatic rings. The summed E-state index contributed by atoms with van der Waals surface area (Å²) in [5.41, 5.74) is -0.316. The second-order valence-electron chi connectivity index (χ2n) is 5.44. The molecule has 0 bridgehead atoms. The van der Waals surface area contributed by atoms with Crippen LogP contribution in [0.4, 0.5) is 14.5 Å². The van der Waals surface area contributed by atoms with Gasteiger partial charge in [0.05, 0.1) is 5.69 Å². The molecule has 0 saturated heterocycles. The maximum atomic E-state index is 13.5. The smallest absolute Gasteiger partial charge is 0.226 e. The van der Waals surface area contributed by atoms with Crippen LogP contribution < -0.4 is 10.6 Å². The number of rotatable bonds is 4. The highest BCUT2D eigenvalue weighted by atomic mass is 19.1. The fraction of sp³-hybridized carbons (Fsp3) is 0.533. The normalized spacial score (nSPS) is 17.8. The Labute approximate surface area is 117 Å². The van der Waals surface area contributed by atoms with Gasteiger partial charge in [-0.2, -0.15) is 0 Å². The van der Waals surface area contributed by atoms with Crippen molar-refractivity contribution in [2.45, 2.75) is 44.1 Å². The topological polar surface area (TPSA) is 41.1 Å². The van der Waals surface area contributed by atoms with Crippen LogP contribution in [-0.4, -0.2) is 18.5 Å². The van der Waals surface area contributed by atoms with Gasteiger partial charge in [0.1, 0.15) is 11.6 Å². The van der Waals surface area contributed by atoms with Gasteiger partial charge in [0.25, 0.3) is 0 Å². The molecule has 0 heterocycles. The van der Waals surface area contributed by atoms with E-state index in [2.05, 4.69) is 10.6 Å². The average molecular weight is 282 g/mol. The zero-order valence-corrected chi connectivity index (χ0v) is 11.6. The number of amides is 1. The Balaban J connectivity index is 2.02. The van der Waals surface area contributed by atoms with E-state index in [1.54, 1.807) is 0 Å². The Bertz CT molecular complexity index is 485. The molecule has 0 atom stereocenters. The molecule has 5 heteroatoms. The molecule has 3 nitrogen and oxygen atoms in total. The van der Waals surface area contributed by atoms with Gasteiger partial charge in [-0.25, -0.2) is 8.78 Å². The van der Waals surface area contributed by atoms with Crippen LogP contribution in [0.25, 0.3) is 0 Å². The summed E-state index contributed by atoms with van der Waals surface area (Å²) < 4.78 is 26.6. The Hall–Kier alpha value is -1.49. The molecule has 0 radical (unpaired) electrons. The van der Waals surface area contributed by atoms with E-state index in [0.717, 1.165) is 43.9 Å². The fourth-order valence-electron chi connectivity index (χ4n) is 2.84. The van der Waals surface area contributed by atoms with Crippen molar-refractivity contribution in [3.63, 3.8) is 0 Å². The number of anilines is 1. The molecule has 0 aromatic heterocycles. The first-order valence-corrected chi connectivity index (χ1v) is 6.98. The van der Waals surface area contributed by atoms with Crippen LogP contribution in [-0.2, 0) is 4.79 Å². The molecule has 0 spiro atoms. The predicted molar refractivity (Wildman–Crippen MR) is 74.5 cm³/mol. The molecular weight excluding hydrogens is 262 g/mol. The Morgan fingerprint density at radius 3 is 2.60 bits per heavy atom. The van der Waals surface area contributed by atoms with Crippen molar-refractivity contribution in [3.05, 3.63) is 29.8 Å². The molecular formula is C15H20F2N2O. The number of nitrogens with one attached hydrogen (secondary N) is 2. The van der Waals surface area contributed by atoms with Gasteiger partial charge in [0.2, 0.25) is 5.91 Å². The number of hydrogen-bond donors (Lipinski definition) is 2. The van der Waals surface area contributed by atoms with Crippen molar-refractivity contribution in [1.29, 1.82) is 0 Å². The highest BCUT2D eigenvalue weighted by Crippen LogP contribution is 2.31. The van der Waals surface area contributed by atoms with Crippen LogP contribution in [0.15, 0.2) is 18.2 Å². The van der Waals surface area contributed by atoms with Crippen molar-refractivity contribution in [2.75, 3.05) is 12.4 Å². The van der Waals surface area contributed by atoms with Gasteiger partial charge in [-0.05, 0) is 32.0 Å². The van der Waals surface area contributed by atoms with Crippen molar-refractivity contribution < 1.29 is 13.6 Å². The summed E-state index contributed by atoms with van der Waals surface area (Å²) in [5.74, 6) is -1.48. The number of carbonyl (C=O) groups excluding carboxylic acids is 1. The molecule has 1 aromatic carbocycles. The number of carbonyl (C=O) groups is 1. The molecule has 20 heavy (non-hydrogen) atoms. The number of halogens is 2. The van der Waals surface area contributed by atoms with E-state index < -0.39 is 11.6 Å². The summed E-state index contributed by atoms with van der Waals surface area (Å²) in [6, 6.07) is 3.04. The SMILES string of the molecule is CNC1(CC(=O)Nc2cc(F)ccc2F)CCCCC1. The summed E-state index contributed by atoms with van der Waals surface area (Å²) in [6.45, 7) is 0. The lowest BCUT2D eigenvalue weighted by atomic mass is 9.79. The molecule has 1 aliphatic carbocycles. The number of hydrogen-bond acceptors (Lipinski definition) is 2. The van der Waals surface area contributed by atoms with Crippen LogP contribution in [0.1, 0.15) is 38.5 Å². The molecule has 1 amide bonds. The number of benzene rings is 1. The molecule has 0 unspecified atom stereocenters. The molecule has 1 aliphatic rings. The summed E-state index contributed by atoms with van der Waals surface area (Å²) in [5, 5.41) is 5.69. The molecule has 1 saturated carbocycles. The fourth-order valence-corrected chi connectivity index (χ4v) is 2.84. The largest absolute Gasteiger partial charge is 0.323 e. The molecule has 1 fully saturated rings. The van der Waals surface area contributed by atoms with E-state index in [4.69, 9.17) is 0 Å². The maximum absolute atomic E-state index is 13.5. The van der Waals surface area contributed by atoms with E-state index in [1.807, 2.05) is 7.05 Å². The average Bonchev–Trinajstić information content (AvgIpc) is 2.44. The third-order valence-electron chi connectivity index (χ3n) is 4.04. The van der Waals surface area contributed by atoms with Crippen molar-refractivity contribution in [1.82, 2.24) is 5.32 Å². The van der Waals surface area contributed by atoms with E-state index in [1.165, 1.54) is 6.42 Å². The quantitative estimate of drug-likeness (QED) is 0.890. The third kappa shape index (κ3) is 3.54. The van der Waals surface area contributed by atoms with Crippen LogP contribution in [0.3, 0.4) is 0 Å². The van der Waals surface area contributed by atoms with Crippen molar-refractivity contribution in [3.8, 4) is 0 Å². The van der Waals surface area contributed by atoms with Gasteiger partial charge < -0.3 is 10.6 Å². The van der Waals surface area contributed by atoms with Gasteiger partial charge in [-0.1, -0.05) is 19.3 Å². The molecule has 110 valence electrons. The lowest BCUT2D eigenvalue weighted by Gasteiger charge is -2.36. The highest BCUT2D eigenvalue weighted by Gasteiger charge is 2.32. The van der Waals surface area contributed by atoms with Gasteiger partial charge in [0.15, 0.2) is 0 Å². The summed E-state index contributed by atoms with van der Waals surface area (Å²) in [6.07, 6.45) is 5.50. The zero-order chi connectivity index (χ0) is 14.6. The van der Waals surface area contributed by atoms with E-state index in [0.29, 0.717) is 0 Å². The van der Waals surface area contributed by atoms with Gasteiger partial charge >= 0.3 is 0 Å². The minimum atomic E-state index is -0.623. The standard InChI is InChI=1S/C15H20F2N2O/c1-18-15(7-3-2-4-8-15)10-14(20)19-13-9-11(16)5-6-12(13)17/h5-6,9,18H,2-4,7-8,10H2,1H3,(H,19,20). The summed E-state index contributed by atoms with van der Waals surface area (Å²) >= 11 is 0. The predicted octanol–water partition coefficient (Wildman–Crippen LogP) is 3.22. The third-order valence-corrected chi connectivity index (χ3v) is 4.04. The van der Waals surface area contributed by atoms with Crippen LogP contribution in [0, 0.1) is 11.6 Å². The van der Waals surface area contributed by atoms with Gasteiger partial charge in [-0.3, -0.25) is 4.79 Å². The second-order valence-corrected chi connectivity index (χ2v) is 5.44. The minimum absolute atomic E-state index is 0.0999. The monoisotopic (exact) mass is 282 g/mol. The van der Waals surface area contributed by atoms with E-state index >= 15 is 0 Å². The molecule has 2 N–H and O–H groups in total. The van der Waals surface area contributed by atoms with E-state index in [9.17, 15) is 13.6 Å². The lowest BCUT2D eigenvalue weighted by molar-refractivity contribution is -0.118. The highest BCUT2D eigenvalue weighted by molar-refractivity contribution is 5.91. The van der Waals surface area contributed by atoms with Crippen molar-refractivity contribution >= 4 is 11.6 Å². The maximum Gasteiger partial charge on any atom is 0.226 e. The molecule has 0 aliphatic heterocycles. The van der Waals surface area contributed by atoms with Crippen LogP contribution in [0.2, 0.25) is 0 Å². The summed E-state index contributed by atoms with van der Waals surface area (Å²) in [7, 11) is 1.85. The Morgan fingerprint density at radius 2 is 1.95 bits per heavy atom. The van der Waals surface area contributed by atoms with Gasteiger partial charge in [0, 0.05) is 18.0 Å². The van der Waals surface area contributed by atoms with Crippen LogP contribution >= 0.6 is 0 Å². The summed E-state index contributed by atoms with van der Waals surface area (Å²) in [4.78, 5) is 12.1. The second kappa shape index (κ2) is 6.31. The Kier molecular flexibility index (Phi) is 4.70. The lowest BCUT2D eigenvalue weighted by Crippen LogP contribution is -2.47. The van der Waals surface area contributed by atoms with Crippen molar-refractivity contribution in [2.24, 2.45) is 0 Å². The van der Waals surface area contributed by atoms with E-state index in [-0.39, 0.29) is 23.6 Å².